The van der Waals surface area contributed by atoms with E-state index in [9.17, 15) is 39.3 Å². The molecule has 0 aliphatic carbocycles. The number of nitrogens with one attached hydrogen (secondary N) is 8. The number of aliphatic hydroxyl groups is 2. The van der Waals surface area contributed by atoms with E-state index < -0.39 is 138 Å². The fourth-order valence-electron chi connectivity index (χ4n) is 12.0. The Labute approximate surface area is 639 Å². The Kier molecular flexibility index (Phi) is 30.1. The summed E-state index contributed by atoms with van der Waals surface area (Å²) in [4.78, 5) is 150. The monoisotopic (exact) mass is 1540 g/mol. The lowest BCUT2D eigenvalue weighted by Crippen LogP contribution is -2.60. The summed E-state index contributed by atoms with van der Waals surface area (Å²) in [5, 5.41) is 56.9. The van der Waals surface area contributed by atoms with E-state index in [1.807, 2.05) is 0 Å². The number of esters is 1. The van der Waals surface area contributed by atoms with Gasteiger partial charge in [-0.3, -0.25) is 43.8 Å². The molecule has 0 fully saturated rings. The maximum Gasteiger partial charge on any atom is 0.410 e. The van der Waals surface area contributed by atoms with Gasteiger partial charge < -0.3 is 85.7 Å². The Hall–Kier alpha value is -11.4. The van der Waals surface area contributed by atoms with Gasteiger partial charge in [-0.25, -0.2) is 14.4 Å². The van der Waals surface area contributed by atoms with Crippen molar-refractivity contribution in [2.45, 2.75) is 127 Å². The molecular weight excluding hydrogens is 1450 g/mol. The van der Waals surface area contributed by atoms with Crippen molar-refractivity contribution in [1.29, 1.82) is 0 Å². The fraction of sp³-hybridized carbons (Fsp3) is 0.359. The van der Waals surface area contributed by atoms with E-state index >= 15 is 24.0 Å². The summed E-state index contributed by atoms with van der Waals surface area (Å²) in [6.07, 6.45) is 5.66. The highest BCUT2D eigenvalue weighted by atomic mass is 35.5. The minimum Gasteiger partial charge on any atom is -0.502 e. The standard InChI is InChI=1S/C78H89Cl2N9O20/c1-10-16-17-18-19-20-27-81-77(101)83-60(90)41-52-70(94)84-63-46-37-58(108-55-25-22-44(35-50(55)79)67(91)65(74(98)82-52)87-71(95)53(33-42(7)8)89(9)78(102)107-32-15-6)69(93)59(38-46)109-56-26-23-45(36-51(56)80)68(92)66-75(99)86-64(76(100)106-31-14-5)49-39-47(103-28-11-2)40-57(105-30-13-4)61(49)48-34-43(21-24-54(48)104-29-12-3)62(72(96)88-66)85-73(63)97/h11-15,21-26,34-40,42,52-53,62-68,91-93H,2-6,10,16-20,27-33,41H2,1,7-9H3,(H,82,98)(H,84,94)(H,85,97)(H,86,99)(H,87,95)(H,88,96)(H2,81,83,90,101)/t52-,53+,62+,63+,64-,65+,66-,67+,68+/m0/s1. The number of hydrogen-bond donors (Lipinski definition) is 11. The van der Waals surface area contributed by atoms with Crippen LogP contribution in [0.15, 0.2) is 142 Å². The fourth-order valence-corrected chi connectivity index (χ4v) is 12.5. The molecule has 5 aliphatic heterocycles. The van der Waals surface area contributed by atoms with Crippen molar-refractivity contribution < 1.29 is 96.4 Å². The van der Waals surface area contributed by atoms with Crippen LogP contribution in [-0.4, -0.2) is 150 Å². The number of halogens is 2. The zero-order valence-electron chi connectivity index (χ0n) is 60.6. The Morgan fingerprint density at radius 2 is 1.17 bits per heavy atom. The second-order valence-electron chi connectivity index (χ2n) is 26.0. The molecule has 31 heteroatoms. The molecule has 0 unspecified atom stereocenters. The Balaban J connectivity index is 1.38. The lowest BCUT2D eigenvalue weighted by molar-refractivity contribution is -0.147. The molecule has 5 aromatic carbocycles. The van der Waals surface area contributed by atoms with Crippen molar-refractivity contribution in [3.05, 3.63) is 180 Å². The number of urea groups is 1. The molecule has 10 amide bonds. The van der Waals surface area contributed by atoms with Crippen LogP contribution >= 0.6 is 23.2 Å². The van der Waals surface area contributed by atoms with Crippen LogP contribution in [0, 0.1) is 5.92 Å². The third-order valence-corrected chi connectivity index (χ3v) is 18.0. The predicted octanol–water partition coefficient (Wildman–Crippen LogP) is 9.35. The van der Waals surface area contributed by atoms with Crippen LogP contribution in [0.3, 0.4) is 0 Å². The molecule has 0 aromatic heterocycles. The lowest BCUT2D eigenvalue weighted by Gasteiger charge is -2.32. The van der Waals surface area contributed by atoms with Crippen molar-refractivity contribution in [3.8, 4) is 57.1 Å². The summed E-state index contributed by atoms with van der Waals surface area (Å²) in [6.45, 7) is 23.2. The van der Waals surface area contributed by atoms with Gasteiger partial charge in [0.2, 0.25) is 47.1 Å². The van der Waals surface area contributed by atoms with Gasteiger partial charge in [-0.05, 0) is 95.6 Å². The summed E-state index contributed by atoms with van der Waals surface area (Å²) in [5.74, 6) is -12.7. The minimum absolute atomic E-state index is 0.000616. The van der Waals surface area contributed by atoms with Gasteiger partial charge >= 0.3 is 18.1 Å². The number of amides is 10. The molecule has 0 spiro atoms. The molecule has 11 N–H and O–H groups in total. The highest BCUT2D eigenvalue weighted by Crippen LogP contribution is 2.49. The quantitative estimate of drug-likeness (QED) is 0.0126. The number of imide groups is 1. The molecule has 0 saturated heterocycles. The number of aromatic hydroxyl groups is 1. The molecule has 5 aliphatic rings. The number of phenols is 1. The van der Waals surface area contributed by atoms with Gasteiger partial charge in [-0.1, -0.05) is 158 Å². The van der Waals surface area contributed by atoms with Crippen molar-refractivity contribution in [2.24, 2.45) is 5.92 Å². The zero-order valence-corrected chi connectivity index (χ0v) is 62.1. The molecule has 11 bridgehead atoms. The maximum atomic E-state index is 16.2. The molecule has 9 atom stereocenters. The summed E-state index contributed by atoms with van der Waals surface area (Å²) >= 11 is 14.0. The molecule has 10 rings (SSSR count). The number of phenolic OH excluding ortho intramolecular Hbond substituents is 1. The number of fused-ring (bicyclic) bond motifs is 15. The average molecular weight is 1540 g/mol. The predicted molar refractivity (Wildman–Crippen MR) is 402 cm³/mol. The van der Waals surface area contributed by atoms with Gasteiger partial charge in [-0.2, -0.15) is 0 Å². The zero-order chi connectivity index (χ0) is 79.2. The van der Waals surface area contributed by atoms with E-state index in [-0.39, 0.29) is 130 Å². The number of ether oxygens (including phenoxy) is 7. The van der Waals surface area contributed by atoms with Crippen LogP contribution in [0.4, 0.5) is 9.59 Å². The average Bonchev–Trinajstić information content (AvgIpc) is 0.758. The molecule has 0 radical (unpaired) electrons. The third kappa shape index (κ3) is 21.5. The van der Waals surface area contributed by atoms with Gasteiger partial charge in [0.05, 0.1) is 16.5 Å². The van der Waals surface area contributed by atoms with Gasteiger partial charge in [-0.15, -0.1) is 0 Å². The topological polar surface area (TPSA) is 395 Å². The third-order valence-electron chi connectivity index (χ3n) is 17.5. The summed E-state index contributed by atoms with van der Waals surface area (Å²) in [6, 6.07) is 1.20. The van der Waals surface area contributed by atoms with Crippen molar-refractivity contribution in [3.63, 3.8) is 0 Å². The van der Waals surface area contributed by atoms with E-state index in [2.05, 4.69) is 82.4 Å². The SMILES string of the molecule is C=CCOC(=O)[C@H]1NC(=O)[C@H]2NC(=O)[C@H](NC(=O)[C@@H]3NC(=O)[C@H](CC(=O)NC(=O)NCCCCCCCC)NC(=O)[C@H](NC(=O)[C@@H](CC(C)C)N(C)C(=O)OCC=C)[C@H](O)c4ccc(c(Cl)c4)Oc4cc3cc(c4O)Oc3ccc(cc3Cl)[C@H]2O)c2ccc(OCC=C)c(c2)-c2c(OCC=C)cc(OCC=C)cc21. The smallest absolute Gasteiger partial charge is 0.410 e. The first-order valence-electron chi connectivity index (χ1n) is 35.1. The first-order valence-corrected chi connectivity index (χ1v) is 35.9. The Morgan fingerprint density at radius 3 is 1.80 bits per heavy atom. The van der Waals surface area contributed by atoms with E-state index in [1.54, 1.807) is 13.8 Å². The minimum atomic E-state index is -2.25. The normalized spacial score (nSPS) is 19.1. The number of nitrogens with zero attached hydrogens (tertiary/aromatic N) is 1. The molecule has 29 nitrogen and oxygen atoms in total. The molecule has 5 heterocycles. The van der Waals surface area contributed by atoms with Crippen LogP contribution < -0.4 is 66.2 Å². The number of benzene rings is 5. The van der Waals surface area contributed by atoms with Gasteiger partial charge in [0.15, 0.2) is 17.5 Å². The summed E-state index contributed by atoms with van der Waals surface area (Å²) < 4.78 is 42.2. The Bertz CT molecular complexity index is 4290. The lowest BCUT2D eigenvalue weighted by atomic mass is 9.89. The van der Waals surface area contributed by atoms with E-state index in [0.717, 1.165) is 55.2 Å². The number of unbranched alkanes of at least 4 members (excludes halogenated alkanes) is 5. The molecule has 580 valence electrons. The van der Waals surface area contributed by atoms with Gasteiger partial charge in [0, 0.05) is 36.3 Å². The molecule has 109 heavy (non-hydrogen) atoms. The largest absolute Gasteiger partial charge is 0.502 e. The van der Waals surface area contributed by atoms with Crippen molar-refractivity contribution >= 4 is 82.6 Å². The van der Waals surface area contributed by atoms with E-state index in [4.69, 9.17) is 56.4 Å². The first-order chi connectivity index (χ1) is 52.2. The number of likely N-dealkylation sites (N-methyl/N-ethyl adjacent to an activating group) is 1. The summed E-state index contributed by atoms with van der Waals surface area (Å²) in [7, 11) is 1.27. The number of hydrogen-bond acceptors (Lipinski definition) is 20. The Morgan fingerprint density at radius 1 is 0.606 bits per heavy atom. The van der Waals surface area contributed by atoms with Crippen molar-refractivity contribution in [2.75, 3.05) is 46.6 Å². The number of rotatable bonds is 28. The number of carbonyl (C=O) groups is 10. The van der Waals surface area contributed by atoms with E-state index in [1.165, 1.54) is 98.1 Å². The maximum absolute atomic E-state index is 16.2. The van der Waals surface area contributed by atoms with Crippen LogP contribution in [0.25, 0.3) is 11.1 Å². The second kappa shape index (κ2) is 39.4. The molecule has 0 saturated carbocycles. The van der Waals surface area contributed by atoms with Crippen molar-refractivity contribution in [1.82, 2.24) is 47.4 Å². The van der Waals surface area contributed by atoms with Crippen LogP contribution in [0.5, 0.6) is 46.0 Å². The highest BCUT2D eigenvalue weighted by molar-refractivity contribution is 6.32. The van der Waals surface area contributed by atoms with Crippen LogP contribution in [-0.2, 0) is 47.8 Å². The highest BCUT2D eigenvalue weighted by Gasteiger charge is 2.43. The second-order valence-corrected chi connectivity index (χ2v) is 26.8. The van der Waals surface area contributed by atoms with Crippen LogP contribution in [0.2, 0.25) is 10.0 Å². The van der Waals surface area contributed by atoms with Gasteiger partial charge in [0.1, 0.15) is 110 Å². The summed E-state index contributed by atoms with van der Waals surface area (Å²) in [5.41, 5.74) is -0.911. The molecular formula is C78H89Cl2N9O20. The first kappa shape index (κ1) is 83.2. The molecule has 5 aromatic rings. The number of aliphatic hydroxyl groups excluding tert-OH is 2. The van der Waals surface area contributed by atoms with Gasteiger partial charge in [0.25, 0.3) is 0 Å². The van der Waals surface area contributed by atoms with E-state index in [0.29, 0.717) is 6.42 Å². The van der Waals surface area contributed by atoms with Crippen LogP contribution in [0.1, 0.15) is 130 Å². The number of carbonyl (C=O) groups excluding carboxylic acids is 10.